The van der Waals surface area contributed by atoms with Crippen molar-refractivity contribution in [3.05, 3.63) is 70.5 Å². The van der Waals surface area contributed by atoms with Crippen LogP contribution in [-0.4, -0.2) is 0 Å². The van der Waals surface area contributed by atoms with Gasteiger partial charge in [0, 0.05) is 0 Å². The molecule has 1 nitrogen and oxygen atoms in total. The van der Waals surface area contributed by atoms with Gasteiger partial charge in [0.15, 0.2) is 0 Å². The molecule has 1 atom stereocenters. The quantitative estimate of drug-likeness (QED) is 0.875. The van der Waals surface area contributed by atoms with Gasteiger partial charge >= 0.3 is 0 Å². The van der Waals surface area contributed by atoms with Gasteiger partial charge in [0.05, 0.1) is 6.04 Å². The van der Waals surface area contributed by atoms with Gasteiger partial charge in [-0.25, -0.2) is 4.39 Å². The van der Waals surface area contributed by atoms with Gasteiger partial charge in [0.2, 0.25) is 0 Å². The molecule has 2 aromatic carbocycles. The molecule has 0 spiro atoms. The Kier molecular flexibility index (Phi) is 3.58. The van der Waals surface area contributed by atoms with Gasteiger partial charge in [-0.2, -0.15) is 0 Å². The molecule has 1 aliphatic rings. The van der Waals surface area contributed by atoms with E-state index in [1.165, 1.54) is 24.8 Å². The lowest BCUT2D eigenvalue weighted by atomic mass is 9.79. The lowest BCUT2D eigenvalue weighted by Gasteiger charge is -2.26. The predicted molar refractivity (Wildman–Crippen MR) is 80.2 cm³/mol. The molecule has 1 saturated carbocycles. The molecular weight excluding hydrogens is 249 g/mol. The number of hydrogen-bond acceptors (Lipinski definition) is 1. The van der Waals surface area contributed by atoms with Crippen molar-refractivity contribution in [1.29, 1.82) is 0 Å². The summed E-state index contributed by atoms with van der Waals surface area (Å²) in [4.78, 5) is 0. The van der Waals surface area contributed by atoms with Crippen molar-refractivity contribution >= 4 is 0 Å². The normalized spacial score (nSPS) is 16.8. The van der Waals surface area contributed by atoms with Crippen molar-refractivity contribution in [2.24, 2.45) is 5.73 Å². The molecule has 3 rings (SSSR count). The van der Waals surface area contributed by atoms with Crippen molar-refractivity contribution in [1.82, 2.24) is 0 Å². The Morgan fingerprint density at radius 1 is 1.05 bits per heavy atom. The van der Waals surface area contributed by atoms with Crippen LogP contribution >= 0.6 is 0 Å². The van der Waals surface area contributed by atoms with Gasteiger partial charge in [-0.15, -0.1) is 0 Å². The van der Waals surface area contributed by atoms with Crippen molar-refractivity contribution in [3.63, 3.8) is 0 Å². The average molecular weight is 269 g/mol. The van der Waals surface area contributed by atoms with Gasteiger partial charge in [-0.05, 0) is 54.0 Å². The van der Waals surface area contributed by atoms with Crippen LogP contribution in [0.25, 0.3) is 0 Å². The van der Waals surface area contributed by atoms with Crippen LogP contribution in [0.15, 0.2) is 42.5 Å². The second kappa shape index (κ2) is 5.37. The van der Waals surface area contributed by atoms with Gasteiger partial charge in [-0.3, -0.25) is 0 Å². The standard InChI is InChI=1S/C18H20FN/c1-12-5-6-16(11-17(12)19)18(20)15-9-7-14(8-10-15)13-3-2-4-13/h5-11,13,18H,2-4,20H2,1H3. The predicted octanol–water partition coefficient (Wildman–Crippen LogP) is 4.45. The second-order valence-electron chi connectivity index (χ2n) is 5.78. The molecule has 1 fully saturated rings. The lowest BCUT2D eigenvalue weighted by molar-refractivity contribution is 0.419. The molecule has 2 heteroatoms. The summed E-state index contributed by atoms with van der Waals surface area (Å²) in [5, 5.41) is 0. The number of aryl methyl sites for hydroxylation is 1. The van der Waals surface area contributed by atoms with Crippen LogP contribution in [0.5, 0.6) is 0 Å². The molecule has 1 aliphatic carbocycles. The molecule has 2 aromatic rings. The smallest absolute Gasteiger partial charge is 0.126 e. The highest BCUT2D eigenvalue weighted by Gasteiger charge is 2.19. The summed E-state index contributed by atoms with van der Waals surface area (Å²) >= 11 is 0. The molecular formula is C18H20FN. The van der Waals surface area contributed by atoms with Crippen LogP contribution in [-0.2, 0) is 0 Å². The fourth-order valence-electron chi connectivity index (χ4n) is 2.71. The number of benzene rings is 2. The number of nitrogens with two attached hydrogens (primary N) is 1. The maximum absolute atomic E-state index is 13.6. The molecule has 0 aliphatic heterocycles. The van der Waals surface area contributed by atoms with E-state index in [1.54, 1.807) is 19.1 Å². The summed E-state index contributed by atoms with van der Waals surface area (Å²) in [6.07, 6.45) is 3.94. The van der Waals surface area contributed by atoms with Crippen molar-refractivity contribution < 1.29 is 4.39 Å². The number of rotatable bonds is 3. The summed E-state index contributed by atoms with van der Waals surface area (Å²) < 4.78 is 13.6. The minimum atomic E-state index is -0.263. The minimum Gasteiger partial charge on any atom is -0.320 e. The first kappa shape index (κ1) is 13.3. The van der Waals surface area contributed by atoms with Crippen LogP contribution in [0.4, 0.5) is 4.39 Å². The lowest BCUT2D eigenvalue weighted by Crippen LogP contribution is -2.13. The summed E-state index contributed by atoms with van der Waals surface area (Å²) in [6, 6.07) is 13.5. The van der Waals surface area contributed by atoms with Crippen LogP contribution in [0.2, 0.25) is 0 Å². The highest BCUT2D eigenvalue weighted by Crippen LogP contribution is 2.36. The fourth-order valence-corrected chi connectivity index (χ4v) is 2.71. The van der Waals surface area contributed by atoms with E-state index in [4.69, 9.17) is 5.73 Å². The Morgan fingerprint density at radius 2 is 1.70 bits per heavy atom. The summed E-state index contributed by atoms with van der Waals surface area (Å²) in [5.41, 5.74) is 10.2. The number of hydrogen-bond donors (Lipinski definition) is 1. The molecule has 0 saturated heterocycles. The van der Waals surface area contributed by atoms with Crippen molar-refractivity contribution in [2.75, 3.05) is 0 Å². The highest BCUT2D eigenvalue weighted by atomic mass is 19.1. The van der Waals surface area contributed by atoms with E-state index in [1.807, 2.05) is 6.07 Å². The van der Waals surface area contributed by atoms with E-state index in [2.05, 4.69) is 24.3 Å². The van der Waals surface area contributed by atoms with Gasteiger partial charge < -0.3 is 5.73 Å². The zero-order valence-electron chi connectivity index (χ0n) is 11.8. The average Bonchev–Trinajstić information content (AvgIpc) is 2.40. The maximum atomic E-state index is 13.6. The zero-order valence-corrected chi connectivity index (χ0v) is 11.8. The van der Waals surface area contributed by atoms with E-state index >= 15 is 0 Å². The van der Waals surface area contributed by atoms with E-state index in [0.29, 0.717) is 5.56 Å². The molecule has 0 bridgehead atoms. The Labute approximate surface area is 119 Å². The van der Waals surface area contributed by atoms with Crippen molar-refractivity contribution in [2.45, 2.75) is 38.1 Å². The fraction of sp³-hybridized carbons (Fsp3) is 0.333. The van der Waals surface area contributed by atoms with E-state index in [-0.39, 0.29) is 11.9 Å². The molecule has 20 heavy (non-hydrogen) atoms. The second-order valence-corrected chi connectivity index (χ2v) is 5.78. The van der Waals surface area contributed by atoms with Crippen LogP contribution < -0.4 is 5.73 Å². The first-order chi connectivity index (χ1) is 9.65. The van der Waals surface area contributed by atoms with Gasteiger partial charge in [0.1, 0.15) is 5.82 Å². The van der Waals surface area contributed by atoms with E-state index < -0.39 is 0 Å². The third-order valence-electron chi connectivity index (χ3n) is 4.43. The largest absolute Gasteiger partial charge is 0.320 e. The Hall–Kier alpha value is -1.67. The Morgan fingerprint density at radius 3 is 2.25 bits per heavy atom. The third kappa shape index (κ3) is 2.48. The Balaban J connectivity index is 1.82. The zero-order chi connectivity index (χ0) is 14.1. The number of halogens is 1. The topological polar surface area (TPSA) is 26.0 Å². The van der Waals surface area contributed by atoms with E-state index in [9.17, 15) is 4.39 Å². The maximum Gasteiger partial charge on any atom is 0.126 e. The summed E-state index contributed by atoms with van der Waals surface area (Å²) in [6.45, 7) is 1.76. The third-order valence-corrected chi connectivity index (χ3v) is 4.43. The molecule has 0 radical (unpaired) electrons. The Bertz CT molecular complexity index is 599. The van der Waals surface area contributed by atoms with Crippen LogP contribution in [0.3, 0.4) is 0 Å². The summed E-state index contributed by atoms with van der Waals surface area (Å²) in [5.74, 6) is 0.543. The minimum absolute atomic E-state index is 0.191. The first-order valence-electron chi connectivity index (χ1n) is 7.26. The molecule has 2 N–H and O–H groups in total. The molecule has 0 heterocycles. The van der Waals surface area contributed by atoms with Crippen LogP contribution in [0.1, 0.15) is 53.5 Å². The van der Waals surface area contributed by atoms with Crippen molar-refractivity contribution in [3.8, 4) is 0 Å². The summed E-state index contributed by atoms with van der Waals surface area (Å²) in [7, 11) is 0. The highest BCUT2D eigenvalue weighted by molar-refractivity contribution is 5.36. The molecule has 0 aromatic heterocycles. The molecule has 104 valence electrons. The van der Waals surface area contributed by atoms with Gasteiger partial charge in [0.25, 0.3) is 0 Å². The SMILES string of the molecule is Cc1ccc(C(N)c2ccc(C3CCC3)cc2)cc1F. The first-order valence-corrected chi connectivity index (χ1v) is 7.26. The van der Waals surface area contributed by atoms with Gasteiger partial charge in [-0.1, -0.05) is 42.8 Å². The molecule has 1 unspecified atom stereocenters. The molecule has 0 amide bonds. The van der Waals surface area contributed by atoms with Crippen LogP contribution in [0, 0.1) is 12.7 Å². The monoisotopic (exact) mass is 269 g/mol. The van der Waals surface area contributed by atoms with E-state index in [0.717, 1.165) is 17.0 Å².